The average molecular weight is 399 g/mol. The van der Waals surface area contributed by atoms with Crippen LogP contribution in [0.1, 0.15) is 29.0 Å². The van der Waals surface area contributed by atoms with Gasteiger partial charge in [-0.15, -0.1) is 11.3 Å². The van der Waals surface area contributed by atoms with Gasteiger partial charge < -0.3 is 9.80 Å². The molecule has 1 fully saturated rings. The van der Waals surface area contributed by atoms with Gasteiger partial charge >= 0.3 is 0 Å². The highest BCUT2D eigenvalue weighted by Gasteiger charge is 2.26. The van der Waals surface area contributed by atoms with Gasteiger partial charge in [0.05, 0.1) is 6.54 Å². The van der Waals surface area contributed by atoms with Gasteiger partial charge in [-0.3, -0.25) is 14.7 Å². The highest BCUT2D eigenvalue weighted by atomic mass is 32.1. The Bertz CT molecular complexity index is 770. The Morgan fingerprint density at radius 3 is 2.89 bits per heavy atom. The molecule has 0 bridgehead atoms. The van der Waals surface area contributed by atoms with E-state index in [1.54, 1.807) is 0 Å². The van der Waals surface area contributed by atoms with Crippen molar-refractivity contribution in [3.05, 3.63) is 52.0 Å². The zero-order valence-electron chi connectivity index (χ0n) is 16.7. The van der Waals surface area contributed by atoms with Crippen molar-refractivity contribution in [1.29, 1.82) is 0 Å². The molecular formula is C22H30N4OS. The van der Waals surface area contributed by atoms with Crippen molar-refractivity contribution in [3.8, 4) is 0 Å². The van der Waals surface area contributed by atoms with E-state index in [0.717, 1.165) is 58.4 Å². The molecule has 2 aromatic rings. The minimum absolute atomic E-state index is 0.275. The molecule has 2 aromatic heterocycles. The van der Waals surface area contributed by atoms with Crippen LogP contribution < -0.4 is 0 Å². The Labute approximate surface area is 172 Å². The Kier molecular flexibility index (Phi) is 6.40. The van der Waals surface area contributed by atoms with Gasteiger partial charge in [0.15, 0.2) is 0 Å². The third-order valence-corrected chi connectivity index (χ3v) is 7.16. The second kappa shape index (κ2) is 9.16. The van der Waals surface area contributed by atoms with Crippen LogP contribution in [-0.4, -0.2) is 71.4 Å². The molecule has 0 aromatic carbocycles. The van der Waals surface area contributed by atoms with E-state index in [1.165, 1.54) is 16.1 Å². The van der Waals surface area contributed by atoms with Gasteiger partial charge in [0.2, 0.25) is 5.91 Å². The second-order valence-corrected chi connectivity index (χ2v) is 8.99. The Morgan fingerprint density at radius 1 is 1.25 bits per heavy atom. The van der Waals surface area contributed by atoms with Gasteiger partial charge in [-0.05, 0) is 68.5 Å². The fourth-order valence-corrected chi connectivity index (χ4v) is 5.20. The molecule has 1 amide bonds. The van der Waals surface area contributed by atoms with Crippen LogP contribution in [0.2, 0.25) is 0 Å². The number of piperidine rings is 1. The molecule has 0 radical (unpaired) electrons. The summed E-state index contributed by atoms with van der Waals surface area (Å²) < 4.78 is 0. The molecule has 0 atom stereocenters. The fraction of sp³-hybridized carbons (Fsp3) is 0.545. The summed E-state index contributed by atoms with van der Waals surface area (Å²) in [7, 11) is 2.12. The third-order valence-electron chi connectivity index (χ3n) is 6.14. The van der Waals surface area contributed by atoms with Crippen LogP contribution in [0.15, 0.2) is 35.8 Å². The van der Waals surface area contributed by atoms with Gasteiger partial charge in [-0.1, -0.05) is 6.07 Å². The Morgan fingerprint density at radius 2 is 2.11 bits per heavy atom. The summed E-state index contributed by atoms with van der Waals surface area (Å²) in [5, 5.41) is 2.15. The van der Waals surface area contributed by atoms with Crippen molar-refractivity contribution in [1.82, 2.24) is 19.7 Å². The molecule has 0 saturated carbocycles. The number of likely N-dealkylation sites (N-methyl/N-ethyl adjacent to an activating group) is 1. The smallest absolute Gasteiger partial charge is 0.237 e. The number of likely N-dealkylation sites (tertiary alicyclic amines) is 1. The van der Waals surface area contributed by atoms with E-state index >= 15 is 0 Å². The number of nitrogens with zero attached hydrogens (tertiary/aromatic N) is 4. The first-order valence-electron chi connectivity index (χ1n) is 10.3. The molecule has 5 nitrogen and oxygen atoms in total. The normalized spacial score (nSPS) is 18.4. The van der Waals surface area contributed by atoms with E-state index in [2.05, 4.69) is 45.4 Å². The summed E-state index contributed by atoms with van der Waals surface area (Å²) in [4.78, 5) is 25.5. The van der Waals surface area contributed by atoms with Crippen molar-refractivity contribution in [2.24, 2.45) is 0 Å². The van der Waals surface area contributed by atoms with Crippen molar-refractivity contribution < 1.29 is 4.79 Å². The third kappa shape index (κ3) is 4.80. The van der Waals surface area contributed by atoms with Gasteiger partial charge in [-0.25, -0.2) is 0 Å². The molecule has 1 saturated heterocycles. The van der Waals surface area contributed by atoms with Gasteiger partial charge in [0, 0.05) is 48.9 Å². The highest BCUT2D eigenvalue weighted by molar-refractivity contribution is 7.10. The summed E-state index contributed by atoms with van der Waals surface area (Å²) in [6.45, 7) is 5.49. The summed E-state index contributed by atoms with van der Waals surface area (Å²) in [5.74, 6) is 0.275. The molecule has 150 valence electrons. The van der Waals surface area contributed by atoms with E-state index in [1.807, 2.05) is 28.5 Å². The SMILES string of the molecule is CN(CC(=O)N1CCc2sccc2C1)C1CCN(CCc2ccccn2)CC1. The molecule has 0 N–H and O–H groups in total. The number of amides is 1. The first-order chi connectivity index (χ1) is 13.7. The van der Waals surface area contributed by atoms with E-state index < -0.39 is 0 Å². The quantitative estimate of drug-likeness (QED) is 0.750. The van der Waals surface area contributed by atoms with Crippen LogP contribution in [0.5, 0.6) is 0 Å². The van der Waals surface area contributed by atoms with Crippen LogP contribution >= 0.6 is 11.3 Å². The van der Waals surface area contributed by atoms with Crippen LogP contribution in [-0.2, 0) is 24.2 Å². The van der Waals surface area contributed by atoms with Crippen molar-refractivity contribution in [3.63, 3.8) is 0 Å². The first kappa shape index (κ1) is 19.6. The second-order valence-electron chi connectivity index (χ2n) is 7.99. The Hall–Kier alpha value is -1.76. The van der Waals surface area contributed by atoms with Gasteiger partial charge in [0.25, 0.3) is 0 Å². The molecule has 0 unspecified atom stereocenters. The topological polar surface area (TPSA) is 39.7 Å². The summed E-state index contributed by atoms with van der Waals surface area (Å²) in [6.07, 6.45) is 6.17. The molecular weight excluding hydrogens is 368 g/mol. The summed E-state index contributed by atoms with van der Waals surface area (Å²) in [6, 6.07) is 8.81. The molecule has 2 aliphatic rings. The lowest BCUT2D eigenvalue weighted by atomic mass is 10.0. The molecule has 2 aliphatic heterocycles. The number of pyridine rings is 1. The van der Waals surface area contributed by atoms with Crippen LogP contribution in [0.3, 0.4) is 0 Å². The zero-order chi connectivity index (χ0) is 19.3. The van der Waals surface area contributed by atoms with Crippen molar-refractivity contribution in [2.45, 2.75) is 38.3 Å². The van der Waals surface area contributed by atoms with Gasteiger partial charge in [-0.2, -0.15) is 0 Å². The number of carbonyl (C=O) groups excluding carboxylic acids is 1. The molecule has 28 heavy (non-hydrogen) atoms. The number of carbonyl (C=O) groups is 1. The van der Waals surface area contributed by atoms with Crippen molar-refractivity contribution in [2.75, 3.05) is 39.8 Å². The van der Waals surface area contributed by atoms with E-state index in [-0.39, 0.29) is 5.91 Å². The summed E-state index contributed by atoms with van der Waals surface area (Å²) >= 11 is 1.82. The number of fused-ring (bicyclic) bond motifs is 1. The summed E-state index contributed by atoms with van der Waals surface area (Å²) in [5.41, 5.74) is 2.51. The minimum Gasteiger partial charge on any atom is -0.337 e. The molecule has 4 heterocycles. The zero-order valence-corrected chi connectivity index (χ0v) is 17.5. The number of thiophene rings is 1. The van der Waals surface area contributed by atoms with E-state index in [0.29, 0.717) is 12.6 Å². The van der Waals surface area contributed by atoms with E-state index in [9.17, 15) is 4.79 Å². The van der Waals surface area contributed by atoms with Gasteiger partial charge in [0.1, 0.15) is 0 Å². The molecule has 0 aliphatic carbocycles. The lowest BCUT2D eigenvalue weighted by Crippen LogP contribution is -2.48. The molecule has 4 rings (SSSR count). The standard InChI is InChI=1S/C22H30N4OS/c1-24(17-22(27)26-14-8-21-18(16-26)9-15-28-21)20-6-12-25(13-7-20)11-5-19-4-2-3-10-23-19/h2-4,9-10,15,20H,5-8,11-14,16-17H2,1H3. The van der Waals surface area contributed by atoms with E-state index in [4.69, 9.17) is 0 Å². The lowest BCUT2D eigenvalue weighted by Gasteiger charge is -2.37. The fourth-order valence-electron chi connectivity index (χ4n) is 4.31. The lowest BCUT2D eigenvalue weighted by molar-refractivity contribution is -0.133. The Balaban J connectivity index is 1.20. The highest BCUT2D eigenvalue weighted by Crippen LogP contribution is 2.24. The predicted octanol–water partition coefficient (Wildman–Crippen LogP) is 2.67. The maximum Gasteiger partial charge on any atom is 0.237 e. The number of rotatable bonds is 6. The number of hydrogen-bond donors (Lipinski definition) is 0. The minimum atomic E-state index is 0.275. The average Bonchev–Trinajstić information content (AvgIpc) is 3.21. The molecule has 0 spiro atoms. The van der Waals surface area contributed by atoms with Crippen LogP contribution in [0, 0.1) is 0 Å². The van der Waals surface area contributed by atoms with Crippen molar-refractivity contribution >= 4 is 17.2 Å². The maximum atomic E-state index is 12.8. The number of hydrogen-bond acceptors (Lipinski definition) is 5. The van der Waals surface area contributed by atoms with Crippen LogP contribution in [0.25, 0.3) is 0 Å². The maximum absolute atomic E-state index is 12.8. The predicted molar refractivity (Wildman–Crippen MR) is 113 cm³/mol. The first-order valence-corrected chi connectivity index (χ1v) is 11.2. The van der Waals surface area contributed by atoms with Crippen LogP contribution in [0.4, 0.5) is 0 Å². The molecule has 6 heteroatoms. The monoisotopic (exact) mass is 398 g/mol. The number of aromatic nitrogens is 1. The largest absolute Gasteiger partial charge is 0.337 e.